The van der Waals surface area contributed by atoms with Crippen molar-refractivity contribution in [3.8, 4) is 0 Å². The molecule has 82 valence electrons. The van der Waals surface area contributed by atoms with Crippen LogP contribution in [-0.2, 0) is 9.47 Å². The van der Waals surface area contributed by atoms with Crippen LogP contribution in [0.15, 0.2) is 0 Å². The van der Waals surface area contributed by atoms with Crippen molar-refractivity contribution in [2.45, 2.75) is 31.2 Å². The molecule has 0 amide bonds. The lowest BCUT2D eigenvalue weighted by molar-refractivity contribution is -0.0525. The van der Waals surface area contributed by atoms with Crippen LogP contribution in [0.5, 0.6) is 0 Å². The average Bonchev–Trinajstić information content (AvgIpc) is 2.55. The highest BCUT2D eigenvalue weighted by Gasteiger charge is 2.34. The number of hydrogen-bond acceptors (Lipinski definition) is 4. The molecule has 0 aromatic carbocycles. The third-order valence-electron chi connectivity index (χ3n) is 3.18. The van der Waals surface area contributed by atoms with E-state index in [4.69, 9.17) is 15.2 Å². The molecule has 2 aliphatic heterocycles. The maximum absolute atomic E-state index is 5.76. The highest BCUT2D eigenvalue weighted by Crippen LogP contribution is 2.26. The summed E-state index contributed by atoms with van der Waals surface area (Å²) in [5.74, 6) is 0. The van der Waals surface area contributed by atoms with Gasteiger partial charge in [-0.25, -0.2) is 0 Å². The van der Waals surface area contributed by atoms with Crippen LogP contribution in [-0.4, -0.2) is 56.5 Å². The number of morpholine rings is 1. The van der Waals surface area contributed by atoms with Gasteiger partial charge in [-0.1, -0.05) is 0 Å². The molecule has 2 rings (SSSR count). The Labute approximate surface area is 85.3 Å². The van der Waals surface area contributed by atoms with Crippen molar-refractivity contribution in [2.75, 3.05) is 33.3 Å². The molecule has 3 unspecified atom stereocenters. The average molecular weight is 200 g/mol. The summed E-state index contributed by atoms with van der Waals surface area (Å²) in [5.41, 5.74) is 5.60. The minimum absolute atomic E-state index is 0.174. The second kappa shape index (κ2) is 4.57. The summed E-state index contributed by atoms with van der Waals surface area (Å²) >= 11 is 0. The highest BCUT2D eigenvalue weighted by atomic mass is 16.5. The van der Waals surface area contributed by atoms with Gasteiger partial charge in [0, 0.05) is 33.3 Å². The Bertz CT molecular complexity index is 173. The summed E-state index contributed by atoms with van der Waals surface area (Å²) in [7, 11) is 1.73. The Hall–Kier alpha value is -0.160. The third kappa shape index (κ3) is 2.25. The van der Waals surface area contributed by atoms with Crippen LogP contribution in [0, 0.1) is 0 Å². The van der Waals surface area contributed by atoms with Gasteiger partial charge in [-0.2, -0.15) is 0 Å². The van der Waals surface area contributed by atoms with Crippen LogP contribution in [0.4, 0.5) is 0 Å². The Morgan fingerprint density at radius 1 is 1.43 bits per heavy atom. The molecule has 2 saturated heterocycles. The fourth-order valence-electron chi connectivity index (χ4n) is 2.38. The first-order valence-electron chi connectivity index (χ1n) is 5.42. The van der Waals surface area contributed by atoms with Gasteiger partial charge in [0.05, 0.1) is 18.3 Å². The van der Waals surface area contributed by atoms with Gasteiger partial charge in [-0.05, 0) is 12.8 Å². The Kier molecular flexibility index (Phi) is 3.38. The van der Waals surface area contributed by atoms with Gasteiger partial charge in [-0.15, -0.1) is 0 Å². The molecule has 2 aliphatic rings. The van der Waals surface area contributed by atoms with Gasteiger partial charge >= 0.3 is 0 Å². The molecular formula is C10H20N2O2. The quantitative estimate of drug-likeness (QED) is 0.684. The summed E-state index contributed by atoms with van der Waals surface area (Å²) in [6, 6.07) is 0. The maximum atomic E-state index is 5.76. The molecule has 0 radical (unpaired) electrons. The SMILES string of the molecule is COC(CN)CN1CC2CCC(C1)O2. The first kappa shape index (κ1) is 10.4. The van der Waals surface area contributed by atoms with Crippen molar-refractivity contribution < 1.29 is 9.47 Å². The normalized spacial score (nSPS) is 34.7. The number of hydrogen-bond donors (Lipinski definition) is 1. The number of nitrogens with zero attached hydrogens (tertiary/aromatic N) is 1. The highest BCUT2D eigenvalue weighted by molar-refractivity contribution is 4.85. The van der Waals surface area contributed by atoms with Gasteiger partial charge in [-0.3, -0.25) is 4.90 Å². The number of likely N-dealkylation sites (tertiary alicyclic amines) is 1. The lowest BCUT2D eigenvalue weighted by Gasteiger charge is -2.33. The molecule has 0 aromatic rings. The number of rotatable bonds is 4. The van der Waals surface area contributed by atoms with Crippen molar-refractivity contribution >= 4 is 0 Å². The van der Waals surface area contributed by atoms with Gasteiger partial charge in [0.1, 0.15) is 0 Å². The summed E-state index contributed by atoms with van der Waals surface area (Å²) < 4.78 is 11.0. The molecule has 0 aliphatic carbocycles. The van der Waals surface area contributed by atoms with Gasteiger partial charge < -0.3 is 15.2 Å². The number of nitrogens with two attached hydrogens (primary N) is 1. The Morgan fingerprint density at radius 3 is 2.57 bits per heavy atom. The molecule has 0 aromatic heterocycles. The zero-order valence-corrected chi connectivity index (χ0v) is 8.82. The zero-order valence-electron chi connectivity index (χ0n) is 8.82. The van der Waals surface area contributed by atoms with Gasteiger partial charge in [0.2, 0.25) is 0 Å². The molecule has 4 heteroatoms. The summed E-state index contributed by atoms with van der Waals surface area (Å²) in [6.07, 6.45) is 3.55. The van der Waals surface area contributed by atoms with Crippen LogP contribution >= 0.6 is 0 Å². The molecule has 0 spiro atoms. The molecule has 3 atom stereocenters. The van der Waals surface area contributed by atoms with E-state index in [0.717, 1.165) is 19.6 Å². The first-order valence-corrected chi connectivity index (χ1v) is 5.42. The fourth-order valence-corrected chi connectivity index (χ4v) is 2.38. The van der Waals surface area contributed by atoms with Crippen LogP contribution in [0.3, 0.4) is 0 Å². The molecule has 2 heterocycles. The zero-order chi connectivity index (χ0) is 9.97. The van der Waals surface area contributed by atoms with E-state index < -0.39 is 0 Å². The van der Waals surface area contributed by atoms with Crippen molar-refractivity contribution in [2.24, 2.45) is 5.73 Å². The molecule has 2 fully saturated rings. The second-order valence-electron chi connectivity index (χ2n) is 4.27. The van der Waals surface area contributed by atoms with E-state index >= 15 is 0 Å². The fraction of sp³-hybridized carbons (Fsp3) is 1.00. The molecule has 2 bridgehead atoms. The molecule has 4 nitrogen and oxygen atoms in total. The number of ether oxygens (including phenoxy) is 2. The minimum Gasteiger partial charge on any atom is -0.379 e. The molecule has 2 N–H and O–H groups in total. The van der Waals surface area contributed by atoms with E-state index in [2.05, 4.69) is 4.90 Å². The van der Waals surface area contributed by atoms with E-state index in [9.17, 15) is 0 Å². The van der Waals surface area contributed by atoms with Crippen molar-refractivity contribution in [1.29, 1.82) is 0 Å². The van der Waals surface area contributed by atoms with Crippen molar-refractivity contribution in [1.82, 2.24) is 4.90 Å². The van der Waals surface area contributed by atoms with E-state index in [-0.39, 0.29) is 6.10 Å². The number of fused-ring (bicyclic) bond motifs is 2. The Balaban J connectivity index is 1.81. The van der Waals surface area contributed by atoms with E-state index in [1.54, 1.807) is 7.11 Å². The van der Waals surface area contributed by atoms with Crippen LogP contribution in [0.25, 0.3) is 0 Å². The summed E-state index contributed by atoms with van der Waals surface area (Å²) in [6.45, 7) is 3.65. The molecule has 0 saturated carbocycles. The summed E-state index contributed by atoms with van der Waals surface area (Å²) in [4.78, 5) is 2.42. The second-order valence-corrected chi connectivity index (χ2v) is 4.27. The Morgan fingerprint density at radius 2 is 2.07 bits per heavy atom. The molecule has 14 heavy (non-hydrogen) atoms. The van der Waals surface area contributed by atoms with E-state index in [0.29, 0.717) is 18.8 Å². The van der Waals surface area contributed by atoms with Gasteiger partial charge in [0.15, 0.2) is 0 Å². The largest absolute Gasteiger partial charge is 0.379 e. The molecular weight excluding hydrogens is 180 g/mol. The van der Waals surface area contributed by atoms with E-state index in [1.807, 2.05) is 0 Å². The van der Waals surface area contributed by atoms with Crippen molar-refractivity contribution in [3.05, 3.63) is 0 Å². The lowest BCUT2D eigenvalue weighted by atomic mass is 10.2. The lowest BCUT2D eigenvalue weighted by Crippen LogP contribution is -2.47. The first-order chi connectivity index (χ1) is 6.81. The van der Waals surface area contributed by atoms with Gasteiger partial charge in [0.25, 0.3) is 0 Å². The van der Waals surface area contributed by atoms with Crippen LogP contribution < -0.4 is 5.73 Å². The third-order valence-corrected chi connectivity index (χ3v) is 3.18. The topological polar surface area (TPSA) is 47.7 Å². The minimum atomic E-state index is 0.174. The monoisotopic (exact) mass is 200 g/mol. The van der Waals surface area contributed by atoms with Crippen LogP contribution in [0.2, 0.25) is 0 Å². The standard InChI is InChI=1S/C10H20N2O2/c1-13-10(4-11)7-12-5-8-2-3-9(6-12)14-8/h8-10H,2-7,11H2,1H3. The number of methoxy groups -OCH3 is 1. The van der Waals surface area contributed by atoms with E-state index in [1.165, 1.54) is 12.8 Å². The van der Waals surface area contributed by atoms with Crippen molar-refractivity contribution in [3.63, 3.8) is 0 Å². The smallest absolute Gasteiger partial charge is 0.0820 e. The predicted molar refractivity (Wildman–Crippen MR) is 54.2 cm³/mol. The predicted octanol–water partition coefficient (Wildman–Crippen LogP) is -0.177. The van der Waals surface area contributed by atoms with Crippen LogP contribution in [0.1, 0.15) is 12.8 Å². The maximum Gasteiger partial charge on any atom is 0.0820 e. The summed E-state index contributed by atoms with van der Waals surface area (Å²) in [5, 5.41) is 0.